The van der Waals surface area contributed by atoms with E-state index in [1.165, 1.54) is 4.90 Å². The molecule has 3 rings (SSSR count). The second-order valence-corrected chi connectivity index (χ2v) is 5.58. The minimum absolute atomic E-state index is 0.0725. The van der Waals surface area contributed by atoms with Gasteiger partial charge in [0, 0.05) is 18.8 Å². The van der Waals surface area contributed by atoms with Gasteiger partial charge in [0.1, 0.15) is 6.54 Å². The number of hydrogen-bond donors (Lipinski definition) is 2. The van der Waals surface area contributed by atoms with Crippen LogP contribution in [0.2, 0.25) is 0 Å². The van der Waals surface area contributed by atoms with E-state index in [1.807, 2.05) is 24.3 Å². The summed E-state index contributed by atoms with van der Waals surface area (Å²) in [6.45, 7) is 0.927. The van der Waals surface area contributed by atoms with Gasteiger partial charge in [-0.05, 0) is 30.4 Å². The van der Waals surface area contributed by atoms with Crippen LogP contribution >= 0.6 is 0 Å². The maximum Gasteiger partial charge on any atom is 0.323 e. The number of anilines is 1. The van der Waals surface area contributed by atoms with Gasteiger partial charge >= 0.3 is 5.97 Å². The average molecular weight is 274 g/mol. The van der Waals surface area contributed by atoms with Crippen LogP contribution in [0.3, 0.4) is 0 Å². The van der Waals surface area contributed by atoms with Crippen molar-refractivity contribution in [3.8, 4) is 0 Å². The second-order valence-electron chi connectivity index (χ2n) is 5.58. The number of hydrogen-bond acceptors (Lipinski definition) is 3. The Morgan fingerprint density at radius 3 is 2.75 bits per heavy atom. The molecule has 0 spiro atoms. The summed E-state index contributed by atoms with van der Waals surface area (Å²) in [6, 6.07) is 7.73. The van der Waals surface area contributed by atoms with Crippen molar-refractivity contribution in [3.63, 3.8) is 0 Å². The molecule has 2 N–H and O–H groups in total. The molecule has 0 aromatic heterocycles. The lowest BCUT2D eigenvalue weighted by Gasteiger charge is -2.24. The fraction of sp³-hybridized carbons (Fsp3) is 0.467. The molecule has 1 fully saturated rings. The van der Waals surface area contributed by atoms with E-state index in [0.29, 0.717) is 19.0 Å². The first-order valence-electron chi connectivity index (χ1n) is 6.98. The number of rotatable bonds is 5. The van der Waals surface area contributed by atoms with Gasteiger partial charge in [-0.2, -0.15) is 0 Å². The number of carboxylic acids is 1. The molecule has 1 aromatic carbocycles. The smallest absolute Gasteiger partial charge is 0.323 e. The lowest BCUT2D eigenvalue weighted by Crippen LogP contribution is -2.40. The van der Waals surface area contributed by atoms with E-state index >= 15 is 0 Å². The molecule has 1 heterocycles. The van der Waals surface area contributed by atoms with Gasteiger partial charge in [-0.25, -0.2) is 0 Å². The molecule has 1 saturated carbocycles. The van der Waals surface area contributed by atoms with Crippen molar-refractivity contribution in [1.29, 1.82) is 0 Å². The fourth-order valence-electron chi connectivity index (χ4n) is 2.73. The molecule has 5 heteroatoms. The number of carbonyl (C=O) groups is 2. The third kappa shape index (κ3) is 2.61. The van der Waals surface area contributed by atoms with Crippen molar-refractivity contribution >= 4 is 17.6 Å². The molecule has 1 atom stereocenters. The number of para-hydroxylation sites is 1. The molecule has 5 nitrogen and oxygen atoms in total. The second kappa shape index (κ2) is 5.15. The van der Waals surface area contributed by atoms with Crippen LogP contribution in [0.5, 0.6) is 0 Å². The van der Waals surface area contributed by atoms with E-state index in [0.717, 1.165) is 24.1 Å². The van der Waals surface area contributed by atoms with Gasteiger partial charge in [0.05, 0.1) is 5.92 Å². The van der Waals surface area contributed by atoms with Crippen LogP contribution in [0.25, 0.3) is 0 Å². The number of carbonyl (C=O) groups excluding carboxylic acids is 1. The summed E-state index contributed by atoms with van der Waals surface area (Å²) in [6.07, 6.45) is 2.20. The molecule has 0 radical (unpaired) electrons. The van der Waals surface area contributed by atoms with Gasteiger partial charge in [-0.15, -0.1) is 0 Å². The van der Waals surface area contributed by atoms with Gasteiger partial charge in [0.2, 0.25) is 5.91 Å². The molecule has 20 heavy (non-hydrogen) atoms. The van der Waals surface area contributed by atoms with Crippen LogP contribution in [0, 0.1) is 5.92 Å². The summed E-state index contributed by atoms with van der Waals surface area (Å²) in [4.78, 5) is 25.1. The van der Waals surface area contributed by atoms with Gasteiger partial charge in [-0.1, -0.05) is 18.2 Å². The Morgan fingerprint density at radius 1 is 1.30 bits per heavy atom. The Labute approximate surface area is 117 Å². The van der Waals surface area contributed by atoms with Crippen molar-refractivity contribution in [2.24, 2.45) is 5.92 Å². The van der Waals surface area contributed by atoms with Crippen molar-refractivity contribution in [3.05, 3.63) is 29.8 Å². The van der Waals surface area contributed by atoms with Crippen LogP contribution in [0.1, 0.15) is 24.3 Å². The van der Waals surface area contributed by atoms with Crippen LogP contribution < -0.4 is 5.32 Å². The summed E-state index contributed by atoms with van der Waals surface area (Å²) in [5.41, 5.74) is 1.95. The van der Waals surface area contributed by atoms with Crippen molar-refractivity contribution in [2.75, 3.05) is 25.0 Å². The zero-order chi connectivity index (χ0) is 14.1. The van der Waals surface area contributed by atoms with Crippen LogP contribution in [0.15, 0.2) is 24.3 Å². The first kappa shape index (κ1) is 13.0. The normalized spacial score (nSPS) is 20.1. The van der Waals surface area contributed by atoms with Crippen molar-refractivity contribution < 1.29 is 14.7 Å². The highest BCUT2D eigenvalue weighted by Gasteiger charge is 2.35. The van der Waals surface area contributed by atoms with E-state index in [4.69, 9.17) is 5.11 Å². The third-order valence-corrected chi connectivity index (χ3v) is 3.94. The number of nitrogens with zero attached hydrogens (tertiary/aromatic N) is 1. The molecule has 0 saturated heterocycles. The first-order chi connectivity index (χ1) is 9.65. The van der Waals surface area contributed by atoms with Crippen LogP contribution in [0.4, 0.5) is 5.69 Å². The molecule has 1 amide bonds. The van der Waals surface area contributed by atoms with E-state index in [9.17, 15) is 9.59 Å². The van der Waals surface area contributed by atoms with Gasteiger partial charge in [0.15, 0.2) is 0 Å². The molecule has 106 valence electrons. The van der Waals surface area contributed by atoms with Crippen molar-refractivity contribution in [1.82, 2.24) is 4.90 Å². The molecule has 1 aliphatic carbocycles. The van der Waals surface area contributed by atoms with Crippen LogP contribution in [-0.4, -0.2) is 41.5 Å². The third-order valence-electron chi connectivity index (χ3n) is 3.94. The number of fused-ring (bicyclic) bond motifs is 1. The molecule has 1 aliphatic heterocycles. The number of nitrogens with one attached hydrogen (secondary N) is 1. The Hall–Kier alpha value is -2.04. The lowest BCUT2D eigenvalue weighted by atomic mass is 9.99. The summed E-state index contributed by atoms with van der Waals surface area (Å²) in [7, 11) is 0. The SMILES string of the molecule is O=C(O)CN(CC1CC1)C(=O)C1CNc2ccccc21. The summed E-state index contributed by atoms with van der Waals surface area (Å²) >= 11 is 0. The summed E-state index contributed by atoms with van der Waals surface area (Å²) in [5, 5.41) is 12.2. The summed E-state index contributed by atoms with van der Waals surface area (Å²) in [5.74, 6) is -0.790. The van der Waals surface area contributed by atoms with E-state index in [-0.39, 0.29) is 18.4 Å². The summed E-state index contributed by atoms with van der Waals surface area (Å²) < 4.78 is 0. The number of amides is 1. The highest BCUT2D eigenvalue weighted by Crippen LogP contribution is 2.34. The largest absolute Gasteiger partial charge is 0.480 e. The molecule has 1 aromatic rings. The van der Waals surface area contributed by atoms with E-state index in [1.54, 1.807) is 0 Å². The minimum Gasteiger partial charge on any atom is -0.480 e. The van der Waals surface area contributed by atoms with Gasteiger partial charge in [-0.3, -0.25) is 9.59 Å². The predicted octanol–water partition coefficient (Wildman–Crippen LogP) is 1.52. The average Bonchev–Trinajstić information content (AvgIpc) is 3.14. The Morgan fingerprint density at radius 2 is 2.05 bits per heavy atom. The monoisotopic (exact) mass is 274 g/mol. The van der Waals surface area contributed by atoms with E-state index in [2.05, 4.69) is 5.32 Å². The van der Waals surface area contributed by atoms with Crippen LogP contribution in [-0.2, 0) is 9.59 Å². The Balaban J connectivity index is 1.77. The Kier molecular flexibility index (Phi) is 3.34. The highest BCUT2D eigenvalue weighted by molar-refractivity contribution is 5.90. The Bertz CT molecular complexity index is 540. The van der Waals surface area contributed by atoms with Crippen molar-refractivity contribution in [2.45, 2.75) is 18.8 Å². The number of benzene rings is 1. The highest BCUT2D eigenvalue weighted by atomic mass is 16.4. The minimum atomic E-state index is -0.946. The molecule has 2 aliphatic rings. The molecular weight excluding hydrogens is 256 g/mol. The maximum atomic E-state index is 12.6. The lowest BCUT2D eigenvalue weighted by molar-refractivity contribution is -0.145. The standard InChI is InChI=1S/C15H18N2O3/c18-14(19)9-17(8-10-5-6-10)15(20)12-7-16-13-4-2-1-3-11(12)13/h1-4,10,12,16H,5-9H2,(H,18,19). The maximum absolute atomic E-state index is 12.6. The fourth-order valence-corrected chi connectivity index (χ4v) is 2.73. The predicted molar refractivity (Wildman–Crippen MR) is 74.6 cm³/mol. The quantitative estimate of drug-likeness (QED) is 0.854. The zero-order valence-electron chi connectivity index (χ0n) is 11.2. The molecular formula is C15H18N2O3. The van der Waals surface area contributed by atoms with Gasteiger partial charge < -0.3 is 15.3 Å². The number of aliphatic carboxylic acids is 1. The van der Waals surface area contributed by atoms with Gasteiger partial charge in [0.25, 0.3) is 0 Å². The topological polar surface area (TPSA) is 69.6 Å². The first-order valence-corrected chi connectivity index (χ1v) is 6.98. The zero-order valence-corrected chi connectivity index (χ0v) is 11.2. The molecule has 1 unspecified atom stereocenters. The number of carboxylic acid groups (broad SMARTS) is 1. The van der Waals surface area contributed by atoms with E-state index < -0.39 is 5.97 Å². The molecule has 0 bridgehead atoms.